The van der Waals surface area contributed by atoms with Crippen LogP contribution < -0.4 is 0 Å². The summed E-state index contributed by atoms with van der Waals surface area (Å²) in [6, 6.07) is 0. The molecular formula is AgCuSZn. The first-order chi connectivity index (χ1) is 1.00. The molecule has 0 bridgehead atoms. The molecule has 0 N–H and O–H groups in total. The maximum Gasteiger partial charge on any atom is 0 e. The molecule has 0 atom stereocenters. The van der Waals surface area contributed by atoms with E-state index in [1.807, 2.05) is 0 Å². The fraction of sp³-hybridized carbons (Fsp3) is 0. The second kappa shape index (κ2) is 19.4. The van der Waals surface area contributed by atoms with E-state index in [4.69, 9.17) is 0 Å². The Morgan fingerprint density at radius 1 is 1.25 bits per heavy atom. The van der Waals surface area contributed by atoms with Crippen LogP contribution in [0.15, 0.2) is 0 Å². The van der Waals surface area contributed by atoms with Crippen molar-refractivity contribution in [3.63, 3.8) is 0 Å². The van der Waals surface area contributed by atoms with Crippen molar-refractivity contribution in [2.75, 3.05) is 0 Å². The van der Waals surface area contributed by atoms with Crippen molar-refractivity contribution >= 4 is 9.58 Å². The van der Waals surface area contributed by atoms with Crippen molar-refractivity contribution in [2.45, 2.75) is 0 Å². The Bertz CT molecular complexity index is 8.00. The van der Waals surface area contributed by atoms with Crippen LogP contribution in [0.5, 0.6) is 0 Å². The van der Waals surface area contributed by atoms with Gasteiger partial charge in [0.2, 0.25) is 0 Å². The molecule has 0 aliphatic carbocycles. The van der Waals surface area contributed by atoms with Crippen LogP contribution >= 0.6 is 9.58 Å². The van der Waals surface area contributed by atoms with Crippen LogP contribution in [-0.4, -0.2) is 0 Å². The summed E-state index contributed by atoms with van der Waals surface area (Å²) < 4.78 is 0. The van der Waals surface area contributed by atoms with E-state index in [9.17, 15) is 0 Å². The number of hydrogen-bond acceptors (Lipinski definition) is 1. The van der Waals surface area contributed by atoms with E-state index in [-0.39, 0.29) is 36.5 Å². The quantitative estimate of drug-likeness (QED) is 0.581. The zero-order valence-corrected chi connectivity index (χ0v) is 7.93. The molecule has 0 spiro atoms. The van der Waals surface area contributed by atoms with Gasteiger partial charge in [0.15, 0.2) is 0 Å². The third-order valence-electron chi connectivity index (χ3n) is 0. The van der Waals surface area contributed by atoms with E-state index >= 15 is 0 Å². The summed E-state index contributed by atoms with van der Waals surface area (Å²) in [6.45, 7) is 0. The van der Waals surface area contributed by atoms with Crippen molar-refractivity contribution in [1.29, 1.82) is 0 Å². The first-order valence-electron chi connectivity index (χ1n) is 0.123. The van der Waals surface area contributed by atoms with Crippen LogP contribution in [0.25, 0.3) is 0 Å². The monoisotopic (exact) mass is 266 g/mol. The van der Waals surface area contributed by atoms with Crippen LogP contribution in [0.4, 0.5) is 0 Å². The molecule has 0 aromatic carbocycles. The first-order valence-corrected chi connectivity index (χ1v) is 2.18. The molecule has 0 aliphatic rings. The molecule has 30 valence electrons. The molecule has 0 aliphatic heterocycles. The second-order valence-electron chi connectivity index (χ2n) is 0. The van der Waals surface area contributed by atoms with E-state index < -0.39 is 0 Å². The van der Waals surface area contributed by atoms with E-state index in [1.165, 1.54) is 0 Å². The zero-order valence-electron chi connectivity index (χ0n) is 1.72. The van der Waals surface area contributed by atoms with Crippen molar-refractivity contribution in [3.05, 3.63) is 0 Å². The normalized spacial score (nSPS) is 1.50. The SMILES string of the molecule is [Cu].[S]=[Ag].[Zn]. The molecule has 0 nitrogen and oxygen atoms in total. The van der Waals surface area contributed by atoms with Gasteiger partial charge in [-0.15, -0.1) is 0 Å². The minimum atomic E-state index is 0. The number of hydrogen-bond donors (Lipinski definition) is 0. The van der Waals surface area contributed by atoms with Gasteiger partial charge in [-0.05, 0) is 0 Å². The van der Waals surface area contributed by atoms with E-state index in [0.717, 1.165) is 0 Å². The smallest absolute Gasteiger partial charge is 0 e. The van der Waals surface area contributed by atoms with Crippen LogP contribution in [0.1, 0.15) is 0 Å². The zero-order chi connectivity index (χ0) is 2.00. The van der Waals surface area contributed by atoms with Crippen molar-refractivity contribution in [3.8, 4) is 0 Å². The molecule has 0 aromatic heterocycles. The molecule has 0 saturated heterocycles. The Kier molecular flexibility index (Phi) is 80.1. The van der Waals surface area contributed by atoms with Gasteiger partial charge < -0.3 is 0 Å². The van der Waals surface area contributed by atoms with Gasteiger partial charge in [-0.1, -0.05) is 0 Å². The Morgan fingerprint density at radius 3 is 1.25 bits per heavy atom. The van der Waals surface area contributed by atoms with Gasteiger partial charge in [-0.3, -0.25) is 0 Å². The Labute approximate surface area is 64.6 Å². The van der Waals surface area contributed by atoms with E-state index in [1.54, 1.807) is 0 Å². The molecule has 4 heavy (non-hydrogen) atoms. The Balaban J connectivity index is -0.00000000500. The molecule has 0 rings (SSSR count). The number of rotatable bonds is 0. The summed E-state index contributed by atoms with van der Waals surface area (Å²) in [5.74, 6) is 0. The third-order valence-corrected chi connectivity index (χ3v) is 0. The molecule has 1 radical (unpaired) electrons. The van der Waals surface area contributed by atoms with Gasteiger partial charge in [0.1, 0.15) is 0 Å². The topological polar surface area (TPSA) is 0 Å². The van der Waals surface area contributed by atoms with Crippen molar-refractivity contribution < 1.29 is 55.7 Å². The second-order valence-corrected chi connectivity index (χ2v) is 0. The average Bonchev–Trinajstić information content (AvgIpc) is 1.00. The summed E-state index contributed by atoms with van der Waals surface area (Å²) in [5, 5.41) is 0. The minimum Gasteiger partial charge on any atom is 0 e. The third kappa shape index (κ3) is 8.93. The van der Waals surface area contributed by atoms with Crippen LogP contribution in [0.2, 0.25) is 0 Å². The van der Waals surface area contributed by atoms with E-state index in [2.05, 4.69) is 28.8 Å². The average molecular weight is 269 g/mol. The largest absolute Gasteiger partial charge is 0 e. The van der Waals surface area contributed by atoms with E-state index in [0.29, 0.717) is 0 Å². The predicted octanol–water partition coefficient (Wildman–Crippen LogP) is 0.641. The van der Waals surface area contributed by atoms with Crippen molar-refractivity contribution in [2.24, 2.45) is 0 Å². The van der Waals surface area contributed by atoms with Crippen molar-refractivity contribution in [1.82, 2.24) is 0 Å². The molecule has 0 aromatic rings. The predicted molar refractivity (Wildman–Crippen MR) is 7.59 cm³/mol. The summed E-state index contributed by atoms with van der Waals surface area (Å²) >= 11 is 2.53. The van der Waals surface area contributed by atoms with Gasteiger partial charge in [-0.2, -0.15) is 0 Å². The standard InChI is InChI=1S/Ag.Cu.S.Zn. The molecule has 4 heteroatoms. The van der Waals surface area contributed by atoms with Gasteiger partial charge in [0.05, 0.1) is 0 Å². The van der Waals surface area contributed by atoms with Gasteiger partial charge in [-0.25, -0.2) is 0 Å². The van der Waals surface area contributed by atoms with Crippen LogP contribution in [-0.2, 0) is 55.7 Å². The summed E-state index contributed by atoms with van der Waals surface area (Å²) in [4.78, 5) is 0. The molecule has 0 unspecified atom stereocenters. The van der Waals surface area contributed by atoms with Gasteiger partial charge in [0.25, 0.3) is 0 Å². The maximum absolute atomic E-state index is 3.89. The van der Waals surface area contributed by atoms with Gasteiger partial charge >= 0.3 is 28.8 Å². The molecule has 0 amide bonds. The van der Waals surface area contributed by atoms with Gasteiger partial charge in [0, 0.05) is 36.5 Å². The molecule has 0 fully saturated rings. The molecule has 0 heterocycles. The summed E-state index contributed by atoms with van der Waals surface area (Å²) in [5.41, 5.74) is 0. The van der Waals surface area contributed by atoms with Crippen LogP contribution in [0, 0.1) is 0 Å². The van der Waals surface area contributed by atoms with Crippen LogP contribution in [0.3, 0.4) is 0 Å². The first kappa shape index (κ1) is 16.5. The fourth-order valence-corrected chi connectivity index (χ4v) is 0. The Morgan fingerprint density at radius 2 is 1.25 bits per heavy atom. The Hall–Kier alpha value is 2.10. The summed E-state index contributed by atoms with van der Waals surface area (Å²) in [7, 11) is 3.89. The molecule has 0 saturated carbocycles. The molecular weight excluding hydrogens is 269 g/mol. The maximum atomic E-state index is 3.89. The summed E-state index contributed by atoms with van der Waals surface area (Å²) in [6.07, 6.45) is 0. The minimum absolute atomic E-state index is 0. The fourth-order valence-electron chi connectivity index (χ4n) is 0.